The molecule has 74 valence electrons. The number of benzene rings is 1. The lowest BCUT2D eigenvalue weighted by Gasteiger charge is -2.09. The van der Waals surface area contributed by atoms with Crippen molar-refractivity contribution in [2.45, 2.75) is 6.04 Å². The second-order valence-electron chi connectivity index (χ2n) is 3.05. The number of carbonyl (C=O) groups is 1. The largest absolute Gasteiger partial charge is 0.336 e. The van der Waals surface area contributed by atoms with Crippen molar-refractivity contribution in [3.63, 3.8) is 0 Å². The number of nitrogens with one attached hydrogen (secondary N) is 2. The number of hydrogen-bond acceptors (Lipinski definition) is 1. The summed E-state index contributed by atoms with van der Waals surface area (Å²) in [6, 6.07) is 3.06. The Labute approximate surface area is 79.1 Å². The van der Waals surface area contributed by atoms with E-state index in [2.05, 4.69) is 10.6 Å². The van der Waals surface area contributed by atoms with Crippen LogP contribution in [0, 0.1) is 11.6 Å². The molecule has 5 heteroatoms. The maximum atomic E-state index is 13.2. The van der Waals surface area contributed by atoms with E-state index < -0.39 is 17.7 Å². The van der Waals surface area contributed by atoms with E-state index >= 15 is 0 Å². The second kappa shape index (κ2) is 3.25. The van der Waals surface area contributed by atoms with Gasteiger partial charge in [-0.05, 0) is 6.07 Å². The molecule has 1 heterocycles. The Morgan fingerprint density at radius 2 is 2.14 bits per heavy atom. The van der Waals surface area contributed by atoms with Crippen molar-refractivity contribution in [1.82, 2.24) is 10.6 Å². The molecule has 14 heavy (non-hydrogen) atoms. The van der Waals surface area contributed by atoms with E-state index in [1.165, 1.54) is 12.1 Å². The second-order valence-corrected chi connectivity index (χ2v) is 3.05. The molecule has 1 aliphatic heterocycles. The molecule has 0 radical (unpaired) electrons. The first-order valence-corrected chi connectivity index (χ1v) is 4.17. The van der Waals surface area contributed by atoms with Gasteiger partial charge in [0.05, 0.1) is 6.04 Å². The third-order valence-electron chi connectivity index (χ3n) is 2.13. The van der Waals surface area contributed by atoms with Crippen LogP contribution in [0.4, 0.5) is 13.6 Å². The molecule has 0 aliphatic carbocycles. The zero-order chi connectivity index (χ0) is 10.1. The maximum absolute atomic E-state index is 13.2. The predicted molar refractivity (Wildman–Crippen MR) is 45.6 cm³/mol. The summed E-state index contributed by atoms with van der Waals surface area (Å²) >= 11 is 0. The van der Waals surface area contributed by atoms with Gasteiger partial charge < -0.3 is 10.6 Å². The molecule has 0 aromatic heterocycles. The average Bonchev–Trinajstić information content (AvgIpc) is 2.57. The predicted octanol–water partition coefficient (Wildman–Crippen LogP) is 1.32. The van der Waals surface area contributed by atoms with Crippen LogP contribution in [0.3, 0.4) is 0 Å². The van der Waals surface area contributed by atoms with Gasteiger partial charge in [0.2, 0.25) is 0 Å². The molecule has 0 unspecified atom stereocenters. The first-order chi connectivity index (χ1) is 6.68. The Morgan fingerprint density at radius 1 is 1.36 bits per heavy atom. The number of carbonyl (C=O) groups excluding carboxylic acids is 1. The van der Waals surface area contributed by atoms with Crippen LogP contribution in [-0.4, -0.2) is 12.6 Å². The van der Waals surface area contributed by atoms with Crippen LogP contribution in [-0.2, 0) is 0 Å². The molecule has 2 amide bonds. The summed E-state index contributed by atoms with van der Waals surface area (Å²) in [5.74, 6) is -1.80. The summed E-state index contributed by atoms with van der Waals surface area (Å²) in [6.07, 6.45) is 0. The first kappa shape index (κ1) is 8.93. The van der Waals surface area contributed by atoms with Gasteiger partial charge in [0, 0.05) is 12.1 Å². The SMILES string of the molecule is O=C1NC[C@H](c2cccc(F)c2F)N1. The molecular weight excluding hydrogens is 190 g/mol. The number of halogens is 2. The molecule has 1 aliphatic rings. The Hall–Kier alpha value is -1.65. The van der Waals surface area contributed by atoms with E-state index in [0.717, 1.165) is 6.07 Å². The maximum Gasteiger partial charge on any atom is 0.315 e. The van der Waals surface area contributed by atoms with E-state index in [1.807, 2.05) is 0 Å². The highest BCUT2D eigenvalue weighted by molar-refractivity contribution is 5.76. The van der Waals surface area contributed by atoms with Crippen molar-refractivity contribution in [2.24, 2.45) is 0 Å². The van der Waals surface area contributed by atoms with Gasteiger partial charge in [-0.1, -0.05) is 12.1 Å². The highest BCUT2D eigenvalue weighted by atomic mass is 19.2. The van der Waals surface area contributed by atoms with E-state index in [4.69, 9.17) is 0 Å². The molecule has 1 fully saturated rings. The molecule has 1 aromatic carbocycles. The van der Waals surface area contributed by atoms with Gasteiger partial charge in [-0.3, -0.25) is 0 Å². The highest BCUT2D eigenvalue weighted by Crippen LogP contribution is 2.20. The molecule has 0 saturated carbocycles. The number of amides is 2. The average molecular weight is 198 g/mol. The minimum Gasteiger partial charge on any atom is -0.336 e. The van der Waals surface area contributed by atoms with Gasteiger partial charge in [-0.25, -0.2) is 13.6 Å². The Bertz CT molecular complexity index is 381. The molecule has 1 atom stereocenters. The molecule has 1 aromatic rings. The lowest BCUT2D eigenvalue weighted by atomic mass is 10.1. The van der Waals surface area contributed by atoms with Gasteiger partial charge in [0.1, 0.15) is 0 Å². The van der Waals surface area contributed by atoms with Crippen molar-refractivity contribution >= 4 is 6.03 Å². The lowest BCUT2D eigenvalue weighted by molar-refractivity contribution is 0.247. The van der Waals surface area contributed by atoms with Crippen molar-refractivity contribution < 1.29 is 13.6 Å². The van der Waals surface area contributed by atoms with Gasteiger partial charge in [-0.15, -0.1) is 0 Å². The fraction of sp³-hybridized carbons (Fsp3) is 0.222. The summed E-state index contributed by atoms with van der Waals surface area (Å²) in [5.41, 5.74) is 0.170. The molecular formula is C9H8F2N2O. The molecule has 2 rings (SSSR count). The summed E-state index contributed by atoms with van der Waals surface area (Å²) in [5, 5.41) is 4.96. The van der Waals surface area contributed by atoms with Crippen LogP contribution in [0.25, 0.3) is 0 Å². The molecule has 0 bridgehead atoms. The quantitative estimate of drug-likeness (QED) is 0.702. The zero-order valence-corrected chi connectivity index (χ0v) is 7.18. The van der Waals surface area contributed by atoms with Crippen LogP contribution in [0.15, 0.2) is 18.2 Å². The minimum absolute atomic E-state index is 0.170. The van der Waals surface area contributed by atoms with E-state index in [0.29, 0.717) is 0 Å². The lowest BCUT2D eigenvalue weighted by Crippen LogP contribution is -2.22. The van der Waals surface area contributed by atoms with Gasteiger partial charge in [0.15, 0.2) is 11.6 Å². The van der Waals surface area contributed by atoms with Crippen LogP contribution < -0.4 is 10.6 Å². The summed E-state index contributed by atoms with van der Waals surface area (Å²) in [4.78, 5) is 10.8. The fourth-order valence-electron chi connectivity index (χ4n) is 1.43. The van der Waals surface area contributed by atoms with Gasteiger partial charge in [-0.2, -0.15) is 0 Å². The zero-order valence-electron chi connectivity index (χ0n) is 7.18. The van der Waals surface area contributed by atoms with Gasteiger partial charge >= 0.3 is 6.03 Å². The first-order valence-electron chi connectivity index (χ1n) is 4.17. The molecule has 0 spiro atoms. The highest BCUT2D eigenvalue weighted by Gasteiger charge is 2.25. The number of rotatable bonds is 1. The Kier molecular flexibility index (Phi) is 2.07. The minimum atomic E-state index is -0.901. The Morgan fingerprint density at radius 3 is 2.79 bits per heavy atom. The van der Waals surface area contributed by atoms with E-state index in [9.17, 15) is 13.6 Å². The fourth-order valence-corrected chi connectivity index (χ4v) is 1.43. The number of urea groups is 1. The summed E-state index contributed by atoms with van der Waals surface area (Å²) in [7, 11) is 0. The standard InChI is InChI=1S/C9H8F2N2O/c10-6-3-1-2-5(8(6)11)7-4-12-9(14)13-7/h1-3,7H,4H2,(H2,12,13,14)/t7-/m1/s1. The van der Waals surface area contributed by atoms with Crippen molar-refractivity contribution in [3.8, 4) is 0 Å². The van der Waals surface area contributed by atoms with Crippen molar-refractivity contribution in [2.75, 3.05) is 6.54 Å². The van der Waals surface area contributed by atoms with Crippen LogP contribution in [0.1, 0.15) is 11.6 Å². The smallest absolute Gasteiger partial charge is 0.315 e. The van der Waals surface area contributed by atoms with E-state index in [1.54, 1.807) is 0 Å². The number of hydrogen-bond donors (Lipinski definition) is 2. The molecule has 3 nitrogen and oxygen atoms in total. The Balaban J connectivity index is 2.32. The topological polar surface area (TPSA) is 41.1 Å². The third kappa shape index (κ3) is 1.41. The van der Waals surface area contributed by atoms with Crippen molar-refractivity contribution in [3.05, 3.63) is 35.4 Å². The summed E-state index contributed by atoms with van der Waals surface area (Å²) in [6.45, 7) is 0.277. The summed E-state index contributed by atoms with van der Waals surface area (Å²) < 4.78 is 26.0. The molecule has 1 saturated heterocycles. The van der Waals surface area contributed by atoms with E-state index in [-0.39, 0.29) is 18.1 Å². The normalized spacial score (nSPS) is 20.4. The van der Waals surface area contributed by atoms with Crippen molar-refractivity contribution in [1.29, 1.82) is 0 Å². The van der Waals surface area contributed by atoms with Crippen LogP contribution in [0.2, 0.25) is 0 Å². The monoisotopic (exact) mass is 198 g/mol. The van der Waals surface area contributed by atoms with Gasteiger partial charge in [0.25, 0.3) is 0 Å². The van der Waals surface area contributed by atoms with Crippen LogP contribution in [0.5, 0.6) is 0 Å². The third-order valence-corrected chi connectivity index (χ3v) is 2.13. The van der Waals surface area contributed by atoms with Crippen LogP contribution >= 0.6 is 0 Å². The molecule has 2 N–H and O–H groups in total.